The highest BCUT2D eigenvalue weighted by Gasteiger charge is 2.36. The molecule has 1 aromatic rings. The third-order valence-electron chi connectivity index (χ3n) is 10.1. The van der Waals surface area contributed by atoms with E-state index in [9.17, 15) is 19.0 Å². The smallest absolute Gasteiger partial charge is 0.306 e. The SMILES string of the molecule is CC/C=C\CC1OC1C/C=C\C/C=C\C/C=C\C/C=C\CCC(=O)O[C@H](COC(=O)CCCCCCCCc1oc(CCC)c(C)c1C)COP(=O)([O-])OCC[N+](C)(C)C. The highest BCUT2D eigenvalue weighted by Crippen LogP contribution is 2.38. The zero-order valence-corrected chi connectivity index (χ0v) is 38.9. The quantitative estimate of drug-likeness (QED) is 0.0162. The van der Waals surface area contributed by atoms with Gasteiger partial charge in [-0.05, 0) is 89.2 Å². The fraction of sp³-hybridized carbons (Fsp3) is 0.667. The number of ether oxygens (including phenoxy) is 3. The molecule has 0 amide bonds. The second kappa shape index (κ2) is 30.9. The lowest BCUT2D eigenvalue weighted by Gasteiger charge is -2.28. The summed E-state index contributed by atoms with van der Waals surface area (Å²) in [6.07, 6.45) is 35.9. The van der Waals surface area contributed by atoms with Gasteiger partial charge in [0.1, 0.15) is 31.3 Å². The molecule has 2 heterocycles. The molecule has 0 aliphatic carbocycles. The van der Waals surface area contributed by atoms with E-state index in [1.165, 1.54) is 11.1 Å². The highest BCUT2D eigenvalue weighted by molar-refractivity contribution is 7.45. The molecule has 0 bridgehead atoms. The second-order valence-electron chi connectivity index (χ2n) is 16.7. The first-order valence-electron chi connectivity index (χ1n) is 22.5. The number of esters is 2. The van der Waals surface area contributed by atoms with E-state index in [4.69, 9.17) is 27.7 Å². The number of epoxide rings is 1. The number of carbonyl (C=O) groups is 2. The molecule has 11 nitrogen and oxygen atoms in total. The van der Waals surface area contributed by atoms with E-state index in [1.54, 1.807) is 0 Å². The summed E-state index contributed by atoms with van der Waals surface area (Å²) < 4.78 is 45.7. The summed E-state index contributed by atoms with van der Waals surface area (Å²) in [6, 6.07) is 0. The lowest BCUT2D eigenvalue weighted by Crippen LogP contribution is -2.37. The molecule has 0 aromatic carbocycles. The van der Waals surface area contributed by atoms with E-state index in [-0.39, 0.29) is 26.1 Å². The van der Waals surface area contributed by atoms with Crippen LogP contribution in [0.25, 0.3) is 0 Å². The molecule has 3 unspecified atom stereocenters. The first kappa shape index (κ1) is 53.1. The van der Waals surface area contributed by atoms with Gasteiger partial charge in [0.2, 0.25) is 0 Å². The number of allylic oxidation sites excluding steroid dienone is 8. The van der Waals surface area contributed by atoms with Crippen molar-refractivity contribution in [2.75, 3.05) is 47.5 Å². The molecule has 0 radical (unpaired) electrons. The number of rotatable bonds is 35. The molecule has 4 atom stereocenters. The van der Waals surface area contributed by atoms with Crippen molar-refractivity contribution in [3.8, 4) is 0 Å². The number of phosphoric acid groups is 1. The number of phosphoric ester groups is 1. The van der Waals surface area contributed by atoms with Crippen molar-refractivity contribution in [2.45, 2.75) is 162 Å². The molecule has 1 fully saturated rings. The van der Waals surface area contributed by atoms with E-state index in [0.717, 1.165) is 101 Å². The number of unbranched alkanes of at least 4 members (excludes halogenated alkanes) is 5. The topological polar surface area (TPSA) is 137 Å². The molecule has 0 N–H and O–H groups in total. The number of furan rings is 1. The monoisotopic (exact) mass is 860 g/mol. The number of nitrogens with zero attached hydrogens (tertiary/aromatic N) is 1. The van der Waals surface area contributed by atoms with Crippen molar-refractivity contribution in [1.82, 2.24) is 0 Å². The van der Waals surface area contributed by atoms with Gasteiger partial charge in [0.05, 0.1) is 40.0 Å². The van der Waals surface area contributed by atoms with Crippen LogP contribution in [0.3, 0.4) is 0 Å². The second-order valence-corrected chi connectivity index (χ2v) is 18.1. The Morgan fingerprint density at radius 2 is 1.28 bits per heavy atom. The third-order valence-corrected chi connectivity index (χ3v) is 11.1. The minimum absolute atomic E-state index is 0.0577. The Morgan fingerprint density at radius 3 is 1.90 bits per heavy atom. The molecular weight excluding hydrogens is 781 g/mol. The Labute approximate surface area is 362 Å². The molecule has 1 saturated heterocycles. The summed E-state index contributed by atoms with van der Waals surface area (Å²) in [7, 11) is 1.08. The van der Waals surface area contributed by atoms with Gasteiger partial charge in [-0.3, -0.25) is 14.2 Å². The summed E-state index contributed by atoms with van der Waals surface area (Å²) >= 11 is 0. The average molecular weight is 860 g/mol. The van der Waals surface area contributed by atoms with Crippen molar-refractivity contribution >= 4 is 19.8 Å². The van der Waals surface area contributed by atoms with E-state index in [2.05, 4.69) is 76.3 Å². The fourth-order valence-corrected chi connectivity index (χ4v) is 7.03. The minimum atomic E-state index is -4.67. The summed E-state index contributed by atoms with van der Waals surface area (Å²) in [5, 5.41) is 0. The van der Waals surface area contributed by atoms with Crippen molar-refractivity contribution in [2.24, 2.45) is 0 Å². The van der Waals surface area contributed by atoms with Crippen LogP contribution in [0.5, 0.6) is 0 Å². The van der Waals surface area contributed by atoms with Crippen LogP contribution in [0, 0.1) is 13.8 Å². The maximum atomic E-state index is 12.7. The van der Waals surface area contributed by atoms with Gasteiger partial charge in [0, 0.05) is 25.7 Å². The Kier molecular flexibility index (Phi) is 27.3. The van der Waals surface area contributed by atoms with Gasteiger partial charge < -0.3 is 37.1 Å². The number of hydrogen-bond donors (Lipinski definition) is 0. The van der Waals surface area contributed by atoms with Crippen LogP contribution in [-0.2, 0) is 50.3 Å². The predicted octanol–water partition coefficient (Wildman–Crippen LogP) is 10.5. The maximum Gasteiger partial charge on any atom is 0.306 e. The third kappa shape index (κ3) is 26.3. The Morgan fingerprint density at radius 1 is 0.717 bits per heavy atom. The normalized spacial score (nSPS) is 17.5. The van der Waals surface area contributed by atoms with Gasteiger partial charge >= 0.3 is 11.9 Å². The molecule has 1 aliphatic heterocycles. The molecule has 2 rings (SSSR count). The molecule has 1 aromatic heterocycles. The summed E-state index contributed by atoms with van der Waals surface area (Å²) in [5.41, 5.74) is 2.56. The molecule has 12 heteroatoms. The Hall–Kier alpha value is -3.05. The van der Waals surface area contributed by atoms with E-state index >= 15 is 0 Å². The molecule has 1 aliphatic rings. The number of aryl methyl sites for hydroxylation is 2. The van der Waals surface area contributed by atoms with Crippen LogP contribution in [-0.4, -0.2) is 82.2 Å². The molecule has 60 heavy (non-hydrogen) atoms. The molecule has 0 saturated carbocycles. The van der Waals surface area contributed by atoms with Crippen LogP contribution < -0.4 is 4.89 Å². The summed E-state index contributed by atoms with van der Waals surface area (Å²) in [6.45, 7) is 8.16. The average Bonchev–Trinajstić information content (AvgIpc) is 3.89. The van der Waals surface area contributed by atoms with E-state index in [0.29, 0.717) is 36.1 Å². The van der Waals surface area contributed by atoms with Crippen molar-refractivity contribution in [3.63, 3.8) is 0 Å². The molecular formula is C48H78NO10P. The first-order chi connectivity index (χ1) is 28.7. The minimum Gasteiger partial charge on any atom is -0.756 e. The van der Waals surface area contributed by atoms with Crippen LogP contribution >= 0.6 is 7.82 Å². The number of quaternary nitrogens is 1. The van der Waals surface area contributed by atoms with Crippen LogP contribution in [0.1, 0.15) is 139 Å². The largest absolute Gasteiger partial charge is 0.756 e. The zero-order chi connectivity index (χ0) is 44.1. The fourth-order valence-electron chi connectivity index (χ4n) is 6.30. The van der Waals surface area contributed by atoms with Gasteiger partial charge in [-0.15, -0.1) is 0 Å². The lowest BCUT2D eigenvalue weighted by molar-refractivity contribution is -0.870. The predicted molar refractivity (Wildman–Crippen MR) is 238 cm³/mol. The van der Waals surface area contributed by atoms with Gasteiger partial charge in [-0.1, -0.05) is 100 Å². The van der Waals surface area contributed by atoms with Crippen molar-refractivity contribution < 1.29 is 51.2 Å². The molecule has 340 valence electrons. The van der Waals surface area contributed by atoms with Crippen LogP contribution in [0.4, 0.5) is 0 Å². The number of hydrogen-bond acceptors (Lipinski definition) is 10. The maximum absolute atomic E-state index is 12.7. The standard InChI is InChI=1S/C48H78NO10P/c1-8-10-25-32-45-46(59-45)33-27-22-17-15-13-11-12-14-16-18-24-29-35-48(51)57-42(39-56-60(52,53)55-37-36-49(5,6)7)38-54-47(50)34-28-23-20-19-21-26-31-44-41(4)40(3)43(58-44)30-9-2/h10,12-15,18,22,24-25,27,42,45-46H,8-9,11,16-17,19-21,23,26,28-39H2,1-7H3/b14-12-,15-13-,24-18-,25-10-,27-22-/t42-,45?,46?/m1/s1. The van der Waals surface area contributed by atoms with Crippen LogP contribution in [0.2, 0.25) is 0 Å². The van der Waals surface area contributed by atoms with Crippen molar-refractivity contribution in [3.05, 3.63) is 83.4 Å². The molecule has 0 spiro atoms. The van der Waals surface area contributed by atoms with Gasteiger partial charge in [-0.25, -0.2) is 0 Å². The zero-order valence-electron chi connectivity index (χ0n) is 38.0. The lowest BCUT2D eigenvalue weighted by atomic mass is 10.0. The van der Waals surface area contributed by atoms with E-state index in [1.807, 2.05) is 33.3 Å². The Balaban J connectivity index is 1.66. The van der Waals surface area contributed by atoms with Gasteiger partial charge in [-0.2, -0.15) is 0 Å². The number of likely N-dealkylation sites (N-methyl/N-ethyl adjacent to an activating group) is 1. The summed E-state index contributed by atoms with van der Waals surface area (Å²) in [5.74, 6) is 1.25. The van der Waals surface area contributed by atoms with E-state index < -0.39 is 32.5 Å². The first-order valence-corrected chi connectivity index (χ1v) is 23.9. The van der Waals surface area contributed by atoms with Gasteiger partial charge in [0.15, 0.2) is 6.10 Å². The summed E-state index contributed by atoms with van der Waals surface area (Å²) in [4.78, 5) is 37.7. The van der Waals surface area contributed by atoms with Crippen LogP contribution in [0.15, 0.2) is 65.2 Å². The Bertz CT molecular complexity index is 1550. The highest BCUT2D eigenvalue weighted by atomic mass is 31.2. The van der Waals surface area contributed by atoms with Gasteiger partial charge in [0.25, 0.3) is 7.82 Å². The van der Waals surface area contributed by atoms with Crippen molar-refractivity contribution in [1.29, 1.82) is 0 Å². The number of carbonyl (C=O) groups excluding carboxylic acids is 2.